The van der Waals surface area contributed by atoms with Gasteiger partial charge in [-0.15, -0.1) is 0 Å². The topological polar surface area (TPSA) is 9.23 Å². The molecule has 1 heterocycles. The zero-order valence-corrected chi connectivity index (χ0v) is 11.4. The summed E-state index contributed by atoms with van der Waals surface area (Å²) < 4.78 is 5.98. The van der Waals surface area contributed by atoms with Gasteiger partial charge in [0.1, 0.15) is 0 Å². The van der Waals surface area contributed by atoms with Gasteiger partial charge in [0.2, 0.25) is 0 Å². The van der Waals surface area contributed by atoms with Crippen molar-refractivity contribution in [2.24, 2.45) is 11.3 Å². The van der Waals surface area contributed by atoms with E-state index in [2.05, 4.69) is 22.9 Å². The summed E-state index contributed by atoms with van der Waals surface area (Å²) in [7, 11) is 0. The molecule has 1 nitrogen and oxygen atoms in total. The maximum absolute atomic E-state index is 5.98. The van der Waals surface area contributed by atoms with Gasteiger partial charge in [-0.05, 0) is 31.6 Å². The van der Waals surface area contributed by atoms with Crippen molar-refractivity contribution in [2.75, 3.05) is 11.9 Å². The highest BCUT2D eigenvalue weighted by molar-refractivity contribution is 9.09. The average molecular weight is 275 g/mol. The molecule has 0 aromatic rings. The van der Waals surface area contributed by atoms with Crippen LogP contribution >= 0.6 is 15.9 Å². The van der Waals surface area contributed by atoms with Crippen molar-refractivity contribution in [1.82, 2.24) is 0 Å². The quantitative estimate of drug-likeness (QED) is 0.522. The second-order valence-corrected chi connectivity index (χ2v) is 5.89. The van der Waals surface area contributed by atoms with Crippen LogP contribution in [0.4, 0.5) is 0 Å². The molecule has 1 saturated heterocycles. The molecule has 2 unspecified atom stereocenters. The zero-order valence-electron chi connectivity index (χ0n) is 9.80. The fraction of sp³-hybridized carbons (Fsp3) is 1.00. The maximum Gasteiger partial charge on any atom is 0.0668 e. The van der Waals surface area contributed by atoms with E-state index in [-0.39, 0.29) is 0 Å². The van der Waals surface area contributed by atoms with Crippen LogP contribution in [0.1, 0.15) is 51.9 Å². The first-order chi connectivity index (χ1) is 7.32. The first-order valence-corrected chi connectivity index (χ1v) is 7.62. The molecule has 0 aromatic carbocycles. The number of hydrogen-bond donors (Lipinski definition) is 0. The predicted molar refractivity (Wildman–Crippen MR) is 67.5 cm³/mol. The van der Waals surface area contributed by atoms with Gasteiger partial charge >= 0.3 is 0 Å². The van der Waals surface area contributed by atoms with Crippen LogP contribution in [0.3, 0.4) is 0 Å². The molecule has 2 atom stereocenters. The van der Waals surface area contributed by atoms with Gasteiger partial charge in [0.25, 0.3) is 0 Å². The van der Waals surface area contributed by atoms with Gasteiger partial charge in [-0.25, -0.2) is 0 Å². The lowest BCUT2D eigenvalue weighted by atomic mass is 9.76. The highest BCUT2D eigenvalue weighted by atomic mass is 79.9. The largest absolute Gasteiger partial charge is 0.377 e. The summed E-state index contributed by atoms with van der Waals surface area (Å²) in [6, 6.07) is 0. The Kier molecular flexibility index (Phi) is 4.11. The van der Waals surface area contributed by atoms with E-state index in [0.29, 0.717) is 11.5 Å². The Morgan fingerprint density at radius 3 is 2.73 bits per heavy atom. The van der Waals surface area contributed by atoms with Gasteiger partial charge in [0.15, 0.2) is 0 Å². The summed E-state index contributed by atoms with van der Waals surface area (Å²) in [4.78, 5) is 0. The van der Waals surface area contributed by atoms with E-state index in [9.17, 15) is 0 Å². The Morgan fingerprint density at radius 1 is 1.33 bits per heavy atom. The van der Waals surface area contributed by atoms with Crippen LogP contribution in [-0.2, 0) is 4.74 Å². The number of halogens is 1. The Morgan fingerprint density at radius 2 is 2.13 bits per heavy atom. The van der Waals surface area contributed by atoms with Gasteiger partial charge in [0.05, 0.1) is 6.10 Å². The first kappa shape index (κ1) is 11.9. The van der Waals surface area contributed by atoms with Gasteiger partial charge in [-0.1, -0.05) is 42.1 Å². The van der Waals surface area contributed by atoms with E-state index >= 15 is 0 Å². The minimum atomic E-state index is 0.482. The second kappa shape index (κ2) is 5.18. The number of unbranched alkanes of at least 4 members (excludes halogenated alkanes) is 2. The molecule has 1 aliphatic heterocycles. The normalized spacial score (nSPS) is 36.0. The van der Waals surface area contributed by atoms with E-state index in [1.54, 1.807) is 0 Å². The molecule has 2 aliphatic rings. The summed E-state index contributed by atoms with van der Waals surface area (Å²) in [6.45, 7) is 3.28. The van der Waals surface area contributed by atoms with E-state index < -0.39 is 0 Å². The van der Waals surface area contributed by atoms with Crippen molar-refractivity contribution in [3.63, 3.8) is 0 Å². The molecule has 0 spiro atoms. The molecule has 2 heteroatoms. The predicted octanol–water partition coefficient (Wildman–Crippen LogP) is 4.15. The molecule has 0 amide bonds. The summed E-state index contributed by atoms with van der Waals surface area (Å²) in [5, 5.41) is 1.14. The first-order valence-electron chi connectivity index (χ1n) is 6.50. The number of hydrogen-bond acceptors (Lipinski definition) is 1. The van der Waals surface area contributed by atoms with E-state index in [0.717, 1.165) is 17.9 Å². The molecular formula is C13H23BrO. The number of rotatable bonds is 6. The minimum absolute atomic E-state index is 0.482. The average Bonchev–Trinajstić information content (AvgIpc) is 3.01. The third-order valence-corrected chi connectivity index (χ3v) is 5.21. The maximum atomic E-state index is 5.98. The molecule has 1 aliphatic carbocycles. The highest BCUT2D eigenvalue weighted by Gasteiger charge is 2.49. The molecule has 15 heavy (non-hydrogen) atoms. The standard InChI is InChI=1S/C13H23BrO/c1-2-3-4-7-13(10-14)8-9-15-12(13)11-5-6-11/h11-12H,2-10H2,1H3. The van der Waals surface area contributed by atoms with Crippen molar-refractivity contribution in [3.05, 3.63) is 0 Å². The summed E-state index contributed by atoms with van der Waals surface area (Å²) in [5.74, 6) is 0.895. The van der Waals surface area contributed by atoms with Crippen LogP contribution in [0.5, 0.6) is 0 Å². The molecule has 88 valence electrons. The van der Waals surface area contributed by atoms with Gasteiger partial charge in [-0.2, -0.15) is 0 Å². The van der Waals surface area contributed by atoms with Crippen molar-refractivity contribution < 1.29 is 4.74 Å². The van der Waals surface area contributed by atoms with E-state index in [1.165, 1.54) is 44.9 Å². The van der Waals surface area contributed by atoms with E-state index in [4.69, 9.17) is 4.74 Å². The second-order valence-electron chi connectivity index (χ2n) is 5.33. The van der Waals surface area contributed by atoms with Crippen LogP contribution in [-0.4, -0.2) is 18.0 Å². The summed E-state index contributed by atoms with van der Waals surface area (Å²) in [6.07, 6.45) is 10.1. The van der Waals surface area contributed by atoms with Gasteiger partial charge in [0, 0.05) is 17.4 Å². The molecule has 1 saturated carbocycles. The molecule has 2 rings (SSSR count). The molecular weight excluding hydrogens is 252 g/mol. The zero-order chi connectivity index (χ0) is 10.7. The molecule has 0 bridgehead atoms. The Balaban J connectivity index is 1.92. The van der Waals surface area contributed by atoms with Crippen molar-refractivity contribution in [1.29, 1.82) is 0 Å². The van der Waals surface area contributed by atoms with Crippen LogP contribution < -0.4 is 0 Å². The SMILES string of the molecule is CCCCCC1(CBr)CCOC1C1CC1. The molecule has 0 radical (unpaired) electrons. The highest BCUT2D eigenvalue weighted by Crippen LogP contribution is 2.51. The smallest absolute Gasteiger partial charge is 0.0668 e. The Hall–Kier alpha value is 0.440. The van der Waals surface area contributed by atoms with Gasteiger partial charge in [-0.3, -0.25) is 0 Å². The minimum Gasteiger partial charge on any atom is -0.377 e. The molecule has 2 fully saturated rings. The van der Waals surface area contributed by atoms with Crippen molar-refractivity contribution in [3.8, 4) is 0 Å². The van der Waals surface area contributed by atoms with E-state index in [1.807, 2.05) is 0 Å². The fourth-order valence-corrected chi connectivity index (χ4v) is 3.83. The van der Waals surface area contributed by atoms with Crippen molar-refractivity contribution >= 4 is 15.9 Å². The summed E-state index contributed by atoms with van der Waals surface area (Å²) >= 11 is 3.74. The van der Waals surface area contributed by atoms with Gasteiger partial charge < -0.3 is 4.74 Å². The number of alkyl halides is 1. The lowest BCUT2D eigenvalue weighted by Crippen LogP contribution is -2.34. The molecule has 0 aromatic heterocycles. The fourth-order valence-electron chi connectivity index (χ4n) is 2.95. The van der Waals surface area contributed by atoms with Crippen LogP contribution in [0.2, 0.25) is 0 Å². The lowest BCUT2D eigenvalue weighted by molar-refractivity contribution is 0.0366. The summed E-state index contributed by atoms with van der Waals surface area (Å²) in [5.41, 5.74) is 0.482. The van der Waals surface area contributed by atoms with Crippen molar-refractivity contribution in [2.45, 2.75) is 58.0 Å². The third-order valence-electron chi connectivity index (χ3n) is 4.10. The number of ether oxygens (including phenoxy) is 1. The van der Waals surface area contributed by atoms with Crippen LogP contribution in [0, 0.1) is 11.3 Å². The monoisotopic (exact) mass is 274 g/mol. The molecule has 0 N–H and O–H groups in total. The van der Waals surface area contributed by atoms with Crippen LogP contribution in [0.15, 0.2) is 0 Å². The third kappa shape index (κ3) is 2.58. The lowest BCUT2D eigenvalue weighted by Gasteiger charge is -2.32. The Labute approximate surface area is 102 Å². The Bertz CT molecular complexity index is 203. The van der Waals surface area contributed by atoms with Crippen LogP contribution in [0.25, 0.3) is 0 Å².